The van der Waals surface area contributed by atoms with E-state index in [1.54, 1.807) is 35.9 Å². The van der Waals surface area contributed by atoms with E-state index >= 15 is 0 Å². The minimum absolute atomic E-state index is 0.0330. The number of carbonyl (C=O) groups is 2. The molecule has 3 heterocycles. The molecular formula is C17H26N4O3. The molecule has 1 aromatic heterocycles. The number of aliphatic hydroxyl groups excluding tert-OH is 1. The lowest BCUT2D eigenvalue weighted by Gasteiger charge is -2.47. The molecule has 132 valence electrons. The number of β-amino-alcohol motifs (C(OH)–C–C–N with tert-alkyl or cyclic N) is 1. The number of amides is 2. The van der Waals surface area contributed by atoms with Gasteiger partial charge in [-0.2, -0.15) is 5.10 Å². The van der Waals surface area contributed by atoms with Crippen LogP contribution in [0.4, 0.5) is 0 Å². The van der Waals surface area contributed by atoms with Crippen LogP contribution in [0.5, 0.6) is 0 Å². The molecule has 2 aliphatic rings. The molecule has 0 radical (unpaired) electrons. The van der Waals surface area contributed by atoms with Gasteiger partial charge in [0.1, 0.15) is 0 Å². The first-order chi connectivity index (χ1) is 11.4. The van der Waals surface area contributed by atoms with E-state index in [9.17, 15) is 14.7 Å². The molecule has 0 unspecified atom stereocenters. The van der Waals surface area contributed by atoms with E-state index < -0.39 is 6.10 Å². The lowest BCUT2D eigenvalue weighted by Crippen LogP contribution is -2.53. The molecule has 3 rings (SSSR count). The number of likely N-dealkylation sites (tertiary alicyclic amines) is 2. The standard InChI is InChI=1S/C17H26N4O3/c1-13(22)10-21-12-17(4-3-15(21)23)5-7-20(8-6-17)16(24)14-9-18-19(2)11-14/h9,11,13,22H,3-8,10,12H2,1-2H3/t13-/m1/s1. The summed E-state index contributed by atoms with van der Waals surface area (Å²) in [6, 6.07) is 0. The van der Waals surface area contributed by atoms with Crippen LogP contribution < -0.4 is 0 Å². The van der Waals surface area contributed by atoms with Gasteiger partial charge in [-0.25, -0.2) is 0 Å². The molecule has 7 nitrogen and oxygen atoms in total. The Balaban J connectivity index is 1.61. The minimum Gasteiger partial charge on any atom is -0.392 e. The Morgan fingerprint density at radius 3 is 2.67 bits per heavy atom. The molecule has 1 atom stereocenters. The maximum absolute atomic E-state index is 12.5. The van der Waals surface area contributed by atoms with Gasteiger partial charge in [-0.15, -0.1) is 0 Å². The first kappa shape index (κ1) is 17.0. The van der Waals surface area contributed by atoms with Crippen LogP contribution in [0.1, 0.15) is 43.0 Å². The third-order valence-corrected chi connectivity index (χ3v) is 5.30. The third-order valence-electron chi connectivity index (χ3n) is 5.30. The second kappa shape index (κ2) is 6.55. The number of hydrogen-bond donors (Lipinski definition) is 1. The largest absolute Gasteiger partial charge is 0.392 e. The van der Waals surface area contributed by atoms with Crippen molar-refractivity contribution in [3.63, 3.8) is 0 Å². The van der Waals surface area contributed by atoms with E-state index in [0.717, 1.165) is 19.3 Å². The second-order valence-electron chi connectivity index (χ2n) is 7.32. The quantitative estimate of drug-likeness (QED) is 0.880. The van der Waals surface area contributed by atoms with Crippen LogP contribution in [0, 0.1) is 5.41 Å². The zero-order chi connectivity index (χ0) is 17.3. The fraction of sp³-hybridized carbons (Fsp3) is 0.706. The van der Waals surface area contributed by atoms with Crippen LogP contribution in [0.2, 0.25) is 0 Å². The van der Waals surface area contributed by atoms with Crippen LogP contribution >= 0.6 is 0 Å². The maximum Gasteiger partial charge on any atom is 0.257 e. The summed E-state index contributed by atoms with van der Waals surface area (Å²) in [4.78, 5) is 28.3. The Bertz CT molecular complexity index is 617. The Labute approximate surface area is 142 Å². The molecule has 24 heavy (non-hydrogen) atoms. The number of rotatable bonds is 3. The van der Waals surface area contributed by atoms with Crippen LogP contribution in [0.3, 0.4) is 0 Å². The third kappa shape index (κ3) is 3.45. The number of hydrogen-bond acceptors (Lipinski definition) is 4. The van der Waals surface area contributed by atoms with Crippen molar-refractivity contribution in [1.82, 2.24) is 19.6 Å². The van der Waals surface area contributed by atoms with Gasteiger partial charge in [0, 0.05) is 45.8 Å². The van der Waals surface area contributed by atoms with E-state index in [0.29, 0.717) is 38.2 Å². The first-order valence-corrected chi connectivity index (χ1v) is 8.62. The molecule has 0 aliphatic carbocycles. The highest BCUT2D eigenvalue weighted by Gasteiger charge is 2.41. The summed E-state index contributed by atoms with van der Waals surface area (Å²) in [5, 5.41) is 13.7. The van der Waals surface area contributed by atoms with E-state index in [1.807, 2.05) is 4.90 Å². The van der Waals surface area contributed by atoms with Gasteiger partial charge in [-0.1, -0.05) is 0 Å². The first-order valence-electron chi connectivity index (χ1n) is 8.62. The van der Waals surface area contributed by atoms with Gasteiger partial charge in [0.15, 0.2) is 0 Å². The summed E-state index contributed by atoms with van der Waals surface area (Å²) in [7, 11) is 1.80. The average Bonchev–Trinajstić information content (AvgIpc) is 2.97. The van der Waals surface area contributed by atoms with Gasteiger partial charge in [-0.05, 0) is 31.6 Å². The zero-order valence-electron chi connectivity index (χ0n) is 14.4. The number of piperidine rings is 2. The highest BCUT2D eigenvalue weighted by molar-refractivity contribution is 5.93. The Kier molecular flexibility index (Phi) is 4.62. The SMILES string of the molecule is C[C@@H](O)CN1CC2(CCC1=O)CCN(C(=O)c1cnn(C)c1)CC2. The van der Waals surface area contributed by atoms with Crippen molar-refractivity contribution in [1.29, 1.82) is 0 Å². The molecule has 0 aromatic carbocycles. The summed E-state index contributed by atoms with van der Waals surface area (Å²) in [6.07, 6.45) is 6.09. The highest BCUT2D eigenvalue weighted by Crippen LogP contribution is 2.40. The molecule has 1 spiro atoms. The van der Waals surface area contributed by atoms with Crippen molar-refractivity contribution in [3.05, 3.63) is 18.0 Å². The molecule has 2 saturated heterocycles. The number of aryl methyl sites for hydroxylation is 1. The number of aliphatic hydroxyl groups is 1. The Morgan fingerprint density at radius 2 is 2.08 bits per heavy atom. The van der Waals surface area contributed by atoms with Crippen molar-refractivity contribution in [2.75, 3.05) is 26.2 Å². The maximum atomic E-state index is 12.5. The predicted octanol–water partition coefficient (Wildman–Crippen LogP) is 0.646. The van der Waals surface area contributed by atoms with Crippen molar-refractivity contribution in [2.45, 2.75) is 38.7 Å². The molecule has 0 saturated carbocycles. The molecule has 2 fully saturated rings. The monoisotopic (exact) mass is 334 g/mol. The summed E-state index contributed by atoms with van der Waals surface area (Å²) in [5.74, 6) is 0.168. The predicted molar refractivity (Wildman–Crippen MR) is 88.3 cm³/mol. The molecule has 1 aromatic rings. The fourth-order valence-electron chi connectivity index (χ4n) is 3.89. The van der Waals surface area contributed by atoms with Crippen molar-refractivity contribution in [2.24, 2.45) is 12.5 Å². The number of nitrogens with zero attached hydrogens (tertiary/aromatic N) is 4. The Morgan fingerprint density at radius 1 is 1.38 bits per heavy atom. The van der Waals surface area contributed by atoms with Crippen molar-refractivity contribution < 1.29 is 14.7 Å². The van der Waals surface area contributed by atoms with Crippen molar-refractivity contribution in [3.8, 4) is 0 Å². The smallest absolute Gasteiger partial charge is 0.257 e. The Hall–Kier alpha value is -1.89. The lowest BCUT2D eigenvalue weighted by atomic mass is 9.72. The van der Waals surface area contributed by atoms with E-state index in [4.69, 9.17) is 0 Å². The summed E-state index contributed by atoms with van der Waals surface area (Å²) >= 11 is 0. The highest BCUT2D eigenvalue weighted by atomic mass is 16.3. The van der Waals surface area contributed by atoms with Crippen LogP contribution in [-0.2, 0) is 11.8 Å². The minimum atomic E-state index is -0.503. The van der Waals surface area contributed by atoms with Crippen LogP contribution in [0.15, 0.2) is 12.4 Å². The topological polar surface area (TPSA) is 78.7 Å². The molecule has 2 amide bonds. The van der Waals surface area contributed by atoms with Gasteiger partial charge in [-0.3, -0.25) is 14.3 Å². The lowest BCUT2D eigenvalue weighted by molar-refractivity contribution is -0.140. The van der Waals surface area contributed by atoms with Gasteiger partial charge < -0.3 is 14.9 Å². The second-order valence-corrected chi connectivity index (χ2v) is 7.32. The van der Waals surface area contributed by atoms with Gasteiger partial charge in [0.25, 0.3) is 5.91 Å². The van der Waals surface area contributed by atoms with Crippen LogP contribution in [-0.4, -0.2) is 68.8 Å². The molecule has 7 heteroatoms. The molecular weight excluding hydrogens is 308 g/mol. The van der Waals surface area contributed by atoms with Gasteiger partial charge in [0.05, 0.1) is 17.9 Å². The fourth-order valence-corrected chi connectivity index (χ4v) is 3.89. The van der Waals surface area contributed by atoms with E-state index in [1.165, 1.54) is 0 Å². The molecule has 0 bridgehead atoms. The average molecular weight is 334 g/mol. The van der Waals surface area contributed by atoms with Gasteiger partial charge in [0.2, 0.25) is 5.91 Å². The zero-order valence-corrected chi connectivity index (χ0v) is 14.4. The summed E-state index contributed by atoms with van der Waals surface area (Å²) in [5.41, 5.74) is 0.720. The van der Waals surface area contributed by atoms with Crippen LogP contribution in [0.25, 0.3) is 0 Å². The number of carbonyl (C=O) groups excluding carboxylic acids is 2. The number of aromatic nitrogens is 2. The van der Waals surface area contributed by atoms with E-state index in [-0.39, 0.29) is 17.2 Å². The normalized spacial score (nSPS) is 22.0. The summed E-state index contributed by atoms with van der Waals surface area (Å²) < 4.78 is 1.64. The molecule has 1 N–H and O–H groups in total. The molecule has 2 aliphatic heterocycles. The van der Waals surface area contributed by atoms with Gasteiger partial charge >= 0.3 is 0 Å². The summed E-state index contributed by atoms with van der Waals surface area (Å²) in [6.45, 7) is 4.24. The van der Waals surface area contributed by atoms with Crippen molar-refractivity contribution >= 4 is 11.8 Å². The van der Waals surface area contributed by atoms with E-state index in [2.05, 4.69) is 5.10 Å².